The van der Waals surface area contributed by atoms with Gasteiger partial charge in [0.05, 0.1) is 0 Å². The third-order valence-corrected chi connectivity index (χ3v) is 3.47. The Morgan fingerprint density at radius 3 is 2.70 bits per heavy atom. The molecule has 0 radical (unpaired) electrons. The monoisotopic (exact) mass is 312 g/mol. The maximum Gasteiger partial charge on any atom is 0.251 e. The van der Waals surface area contributed by atoms with E-state index in [4.69, 9.17) is 4.74 Å². The van der Waals surface area contributed by atoms with Gasteiger partial charge in [-0.1, -0.05) is 35.9 Å². The summed E-state index contributed by atoms with van der Waals surface area (Å²) in [6, 6.07) is 15.5. The summed E-state index contributed by atoms with van der Waals surface area (Å²) in [5.74, 6) is 0.636. The lowest BCUT2D eigenvalue weighted by Gasteiger charge is -2.09. The zero-order valence-corrected chi connectivity index (χ0v) is 13.8. The van der Waals surface area contributed by atoms with Crippen molar-refractivity contribution in [1.29, 1.82) is 0 Å². The summed E-state index contributed by atoms with van der Waals surface area (Å²) in [5.41, 5.74) is 2.95. The van der Waals surface area contributed by atoms with E-state index in [1.807, 2.05) is 31.3 Å². The first-order valence-electron chi connectivity index (χ1n) is 7.90. The fourth-order valence-corrected chi connectivity index (χ4v) is 2.26. The highest BCUT2D eigenvalue weighted by molar-refractivity contribution is 5.94. The summed E-state index contributed by atoms with van der Waals surface area (Å²) >= 11 is 0. The first kappa shape index (κ1) is 17.0. The quantitative estimate of drug-likeness (QED) is 0.737. The molecule has 2 rings (SSSR count). The van der Waals surface area contributed by atoms with Crippen molar-refractivity contribution in [3.63, 3.8) is 0 Å². The van der Waals surface area contributed by atoms with Gasteiger partial charge in [-0.05, 0) is 50.7 Å². The zero-order chi connectivity index (χ0) is 16.5. The molecule has 0 bridgehead atoms. The average Bonchev–Trinajstić information content (AvgIpc) is 2.57. The van der Waals surface area contributed by atoms with E-state index in [0.717, 1.165) is 18.5 Å². The number of carbonyl (C=O) groups is 1. The minimum absolute atomic E-state index is 0.0675. The molecule has 2 aromatic carbocycles. The predicted molar refractivity (Wildman–Crippen MR) is 92.8 cm³/mol. The van der Waals surface area contributed by atoms with Crippen molar-refractivity contribution in [3.8, 4) is 5.75 Å². The molecule has 0 aromatic heterocycles. The van der Waals surface area contributed by atoms with Crippen LogP contribution < -0.4 is 15.4 Å². The number of ether oxygens (including phenoxy) is 1. The smallest absolute Gasteiger partial charge is 0.251 e. The second-order valence-corrected chi connectivity index (χ2v) is 5.52. The summed E-state index contributed by atoms with van der Waals surface area (Å²) in [6.45, 7) is 4.10. The lowest BCUT2D eigenvalue weighted by Crippen LogP contribution is -2.26. The van der Waals surface area contributed by atoms with Gasteiger partial charge in [-0.25, -0.2) is 0 Å². The van der Waals surface area contributed by atoms with Crippen LogP contribution in [0.15, 0.2) is 48.5 Å². The fraction of sp³-hybridized carbons (Fsp3) is 0.316. The normalized spacial score (nSPS) is 10.3. The summed E-state index contributed by atoms with van der Waals surface area (Å²) in [7, 11) is 1.90. The minimum atomic E-state index is -0.0675. The molecule has 0 spiro atoms. The second-order valence-electron chi connectivity index (χ2n) is 5.52. The molecule has 0 saturated heterocycles. The molecule has 0 aliphatic carbocycles. The zero-order valence-electron chi connectivity index (χ0n) is 13.8. The number of aryl methyl sites for hydroxylation is 1. The fourth-order valence-electron chi connectivity index (χ4n) is 2.26. The van der Waals surface area contributed by atoms with Crippen LogP contribution in [0.4, 0.5) is 0 Å². The summed E-state index contributed by atoms with van der Waals surface area (Å²) in [6.07, 6.45) is 0.909. The molecule has 4 heteroatoms. The molecule has 0 fully saturated rings. The largest absolute Gasteiger partial charge is 0.489 e. The van der Waals surface area contributed by atoms with Gasteiger partial charge in [0, 0.05) is 12.1 Å². The molecule has 0 unspecified atom stereocenters. The highest BCUT2D eigenvalue weighted by Crippen LogP contribution is 2.15. The lowest BCUT2D eigenvalue weighted by molar-refractivity contribution is 0.0953. The number of nitrogens with one attached hydrogen (secondary N) is 2. The third kappa shape index (κ3) is 5.75. The summed E-state index contributed by atoms with van der Waals surface area (Å²) in [5, 5.41) is 5.96. The second kappa shape index (κ2) is 8.96. The van der Waals surface area contributed by atoms with Gasteiger partial charge in [0.15, 0.2) is 0 Å². The van der Waals surface area contributed by atoms with Crippen molar-refractivity contribution >= 4 is 5.91 Å². The minimum Gasteiger partial charge on any atom is -0.489 e. The Balaban J connectivity index is 1.90. The molecular weight excluding hydrogens is 288 g/mol. The Morgan fingerprint density at radius 2 is 1.91 bits per heavy atom. The average molecular weight is 312 g/mol. The summed E-state index contributed by atoms with van der Waals surface area (Å²) < 4.78 is 5.79. The van der Waals surface area contributed by atoms with Crippen molar-refractivity contribution < 1.29 is 9.53 Å². The highest BCUT2D eigenvalue weighted by Gasteiger charge is 2.06. The SMILES string of the molecule is CNCCCNC(=O)c1cccc(OCc2cccc(C)c2)c1. The van der Waals surface area contributed by atoms with Crippen LogP contribution >= 0.6 is 0 Å². The number of rotatable bonds is 8. The van der Waals surface area contributed by atoms with Crippen LogP contribution in [0.25, 0.3) is 0 Å². The Morgan fingerprint density at radius 1 is 1.09 bits per heavy atom. The van der Waals surface area contributed by atoms with Gasteiger partial charge in [-0.3, -0.25) is 4.79 Å². The van der Waals surface area contributed by atoms with E-state index in [2.05, 4.69) is 29.7 Å². The van der Waals surface area contributed by atoms with Gasteiger partial charge in [0.25, 0.3) is 5.91 Å². The standard InChI is InChI=1S/C19H24N2O2/c1-15-6-3-7-16(12-15)14-23-18-9-4-8-17(13-18)19(22)21-11-5-10-20-2/h3-4,6-9,12-13,20H,5,10-11,14H2,1-2H3,(H,21,22). The molecule has 2 N–H and O–H groups in total. The van der Waals surface area contributed by atoms with E-state index < -0.39 is 0 Å². The molecule has 0 heterocycles. The Labute approximate surface area is 137 Å². The van der Waals surface area contributed by atoms with Crippen LogP contribution in [-0.4, -0.2) is 26.0 Å². The van der Waals surface area contributed by atoms with E-state index in [9.17, 15) is 4.79 Å². The van der Waals surface area contributed by atoms with Crippen LogP contribution in [0, 0.1) is 6.92 Å². The van der Waals surface area contributed by atoms with Gasteiger partial charge < -0.3 is 15.4 Å². The molecule has 1 amide bonds. The highest BCUT2D eigenvalue weighted by atomic mass is 16.5. The molecule has 0 aliphatic rings. The van der Waals surface area contributed by atoms with Crippen molar-refractivity contribution in [2.24, 2.45) is 0 Å². The van der Waals surface area contributed by atoms with Crippen LogP contribution in [-0.2, 0) is 6.61 Å². The topological polar surface area (TPSA) is 50.4 Å². The van der Waals surface area contributed by atoms with Gasteiger partial charge in [0.2, 0.25) is 0 Å². The van der Waals surface area contributed by atoms with Gasteiger partial charge >= 0.3 is 0 Å². The number of carbonyl (C=O) groups excluding carboxylic acids is 1. The van der Waals surface area contributed by atoms with Crippen LogP contribution in [0.2, 0.25) is 0 Å². The predicted octanol–water partition coefficient (Wildman–Crippen LogP) is 2.91. The Bertz CT molecular complexity index is 641. The lowest BCUT2D eigenvalue weighted by atomic mass is 10.1. The van der Waals surface area contributed by atoms with E-state index in [-0.39, 0.29) is 5.91 Å². The first-order valence-corrected chi connectivity index (χ1v) is 7.90. The molecule has 23 heavy (non-hydrogen) atoms. The number of hydrogen-bond donors (Lipinski definition) is 2. The van der Waals surface area contributed by atoms with Crippen molar-refractivity contribution in [2.75, 3.05) is 20.1 Å². The molecular formula is C19H24N2O2. The van der Waals surface area contributed by atoms with E-state index in [1.54, 1.807) is 12.1 Å². The molecule has 0 aliphatic heterocycles. The Kier molecular flexibility index (Phi) is 6.63. The first-order chi connectivity index (χ1) is 11.2. The molecule has 0 saturated carbocycles. The molecule has 4 nitrogen and oxygen atoms in total. The van der Waals surface area contributed by atoms with Crippen LogP contribution in [0.3, 0.4) is 0 Å². The van der Waals surface area contributed by atoms with Crippen molar-refractivity contribution in [1.82, 2.24) is 10.6 Å². The van der Waals surface area contributed by atoms with Crippen molar-refractivity contribution in [3.05, 3.63) is 65.2 Å². The van der Waals surface area contributed by atoms with Crippen molar-refractivity contribution in [2.45, 2.75) is 20.0 Å². The van der Waals surface area contributed by atoms with E-state index in [0.29, 0.717) is 24.5 Å². The van der Waals surface area contributed by atoms with E-state index >= 15 is 0 Å². The number of amides is 1. The Hall–Kier alpha value is -2.33. The van der Waals surface area contributed by atoms with E-state index in [1.165, 1.54) is 5.56 Å². The molecule has 2 aromatic rings. The maximum atomic E-state index is 12.1. The molecule has 122 valence electrons. The number of hydrogen-bond acceptors (Lipinski definition) is 3. The van der Waals surface area contributed by atoms with Gasteiger partial charge in [0.1, 0.15) is 12.4 Å². The third-order valence-electron chi connectivity index (χ3n) is 3.47. The van der Waals surface area contributed by atoms with Gasteiger partial charge in [-0.2, -0.15) is 0 Å². The van der Waals surface area contributed by atoms with Gasteiger partial charge in [-0.15, -0.1) is 0 Å². The van der Waals surface area contributed by atoms with Crippen LogP contribution in [0.1, 0.15) is 27.9 Å². The summed E-state index contributed by atoms with van der Waals surface area (Å²) in [4.78, 5) is 12.1. The number of benzene rings is 2. The van der Waals surface area contributed by atoms with Crippen LogP contribution in [0.5, 0.6) is 5.75 Å². The molecule has 0 atom stereocenters. The maximum absolute atomic E-state index is 12.1.